The summed E-state index contributed by atoms with van der Waals surface area (Å²) in [7, 11) is 3.09. The number of anilines is 1. The predicted molar refractivity (Wildman–Crippen MR) is 128 cm³/mol. The minimum atomic E-state index is -1.13. The number of benzene rings is 2. The van der Waals surface area contributed by atoms with E-state index in [1.807, 2.05) is 13.8 Å². The summed E-state index contributed by atoms with van der Waals surface area (Å²) in [5, 5.41) is 9.72. The third-order valence-electron chi connectivity index (χ3n) is 6.39. The largest absolute Gasteiger partial charge is 0.497 e. The first-order chi connectivity index (χ1) is 16.1. The van der Waals surface area contributed by atoms with Crippen molar-refractivity contribution >= 4 is 34.9 Å². The van der Waals surface area contributed by atoms with Gasteiger partial charge >= 0.3 is 5.97 Å². The molecule has 0 fully saturated rings. The monoisotopic (exact) mass is 483 g/mol. The maximum Gasteiger partial charge on any atom is 0.335 e. The van der Waals surface area contributed by atoms with Crippen molar-refractivity contribution in [3.05, 3.63) is 63.8 Å². The van der Waals surface area contributed by atoms with E-state index in [1.54, 1.807) is 32.4 Å². The van der Waals surface area contributed by atoms with Gasteiger partial charge in [-0.25, -0.2) is 4.79 Å². The lowest BCUT2D eigenvalue weighted by Crippen LogP contribution is -2.44. The maximum absolute atomic E-state index is 13.6. The van der Waals surface area contributed by atoms with Crippen LogP contribution in [0.3, 0.4) is 0 Å². The zero-order chi connectivity index (χ0) is 24.8. The summed E-state index contributed by atoms with van der Waals surface area (Å²) in [6.07, 6.45) is 0.790. The summed E-state index contributed by atoms with van der Waals surface area (Å²) in [6.45, 7) is 3.95. The van der Waals surface area contributed by atoms with Crippen LogP contribution in [0.5, 0.6) is 11.5 Å². The molecule has 2 aromatic carbocycles. The number of hydrogen-bond donors (Lipinski definition) is 1. The highest BCUT2D eigenvalue weighted by Gasteiger charge is 2.45. The first kappa shape index (κ1) is 23.8. The Morgan fingerprint density at radius 1 is 1.09 bits per heavy atom. The molecule has 2 aromatic rings. The average Bonchev–Trinajstić information content (AvgIpc) is 2.77. The van der Waals surface area contributed by atoms with Crippen LogP contribution in [0.1, 0.15) is 54.9 Å². The number of carboxylic acid groups (broad SMARTS) is 1. The number of ether oxygens (including phenoxy) is 2. The van der Waals surface area contributed by atoms with Crippen molar-refractivity contribution in [2.24, 2.45) is 5.41 Å². The van der Waals surface area contributed by atoms with Gasteiger partial charge in [0.15, 0.2) is 5.78 Å². The lowest BCUT2D eigenvalue weighted by molar-refractivity contribution is -0.121. The highest BCUT2D eigenvalue weighted by Crippen LogP contribution is 2.50. The summed E-state index contributed by atoms with van der Waals surface area (Å²) >= 11 is 6.45. The summed E-state index contributed by atoms with van der Waals surface area (Å²) in [6, 6.07) is 9.54. The van der Waals surface area contributed by atoms with Crippen LogP contribution < -0.4 is 14.4 Å². The molecule has 0 saturated carbocycles. The third-order valence-corrected chi connectivity index (χ3v) is 6.71. The topological polar surface area (TPSA) is 93.1 Å². The molecule has 1 aliphatic heterocycles. The van der Waals surface area contributed by atoms with Crippen LogP contribution in [-0.2, 0) is 9.59 Å². The number of carbonyl (C=O) groups is 3. The fourth-order valence-electron chi connectivity index (χ4n) is 4.89. The van der Waals surface area contributed by atoms with Gasteiger partial charge in [-0.3, -0.25) is 14.5 Å². The molecule has 1 atom stereocenters. The molecule has 1 amide bonds. The van der Waals surface area contributed by atoms with Crippen LogP contribution >= 0.6 is 11.6 Å². The van der Waals surface area contributed by atoms with Crippen LogP contribution in [0.15, 0.2) is 47.7 Å². The molecular formula is C26H26ClNO6. The maximum atomic E-state index is 13.6. The number of carbonyl (C=O) groups excluding carboxylic acids is 2. The highest BCUT2D eigenvalue weighted by atomic mass is 35.5. The summed E-state index contributed by atoms with van der Waals surface area (Å²) in [4.78, 5) is 40.2. The van der Waals surface area contributed by atoms with Crippen molar-refractivity contribution in [1.29, 1.82) is 0 Å². The second-order valence-corrected chi connectivity index (χ2v) is 9.77. The van der Waals surface area contributed by atoms with Gasteiger partial charge in [0.25, 0.3) is 0 Å². The number of Topliss-reactive ketones (excluding diaryl/α,β-unsaturated/α-hetero) is 1. The average molecular weight is 484 g/mol. The molecule has 0 saturated heterocycles. The Kier molecular flexibility index (Phi) is 6.16. The quantitative estimate of drug-likeness (QED) is 0.626. The SMILES string of the molecule is COc1ccc(OC)c(C2CC(=O)N(c3cc(C(=O)O)ccc3Cl)C3=C2C(=O)CC(C)(C)C3)c1. The van der Waals surface area contributed by atoms with Crippen LogP contribution in [0, 0.1) is 5.41 Å². The molecule has 2 aliphatic rings. The van der Waals surface area contributed by atoms with Gasteiger partial charge in [-0.15, -0.1) is 0 Å². The number of nitrogens with zero attached hydrogens (tertiary/aromatic N) is 1. The van der Waals surface area contributed by atoms with Gasteiger partial charge in [-0.1, -0.05) is 25.4 Å². The van der Waals surface area contributed by atoms with Crippen LogP contribution in [0.4, 0.5) is 5.69 Å². The van der Waals surface area contributed by atoms with E-state index in [0.29, 0.717) is 41.2 Å². The number of hydrogen-bond acceptors (Lipinski definition) is 5. The normalized spacial score (nSPS) is 19.7. The van der Waals surface area contributed by atoms with Gasteiger partial charge in [0.2, 0.25) is 5.91 Å². The minimum Gasteiger partial charge on any atom is -0.497 e. The molecule has 1 aliphatic carbocycles. The molecule has 0 spiro atoms. The number of rotatable bonds is 5. The van der Waals surface area contributed by atoms with Crippen molar-refractivity contribution in [2.45, 2.75) is 39.0 Å². The van der Waals surface area contributed by atoms with Crippen LogP contribution in [-0.4, -0.2) is 37.0 Å². The van der Waals surface area contributed by atoms with Gasteiger partial charge in [0.1, 0.15) is 11.5 Å². The second kappa shape index (κ2) is 8.80. The molecule has 1 heterocycles. The Bertz CT molecular complexity index is 1230. The Labute approximate surface area is 202 Å². The number of halogens is 1. The molecule has 0 bridgehead atoms. The van der Waals surface area contributed by atoms with Crippen LogP contribution in [0.2, 0.25) is 5.02 Å². The van der Waals surface area contributed by atoms with E-state index in [9.17, 15) is 19.5 Å². The molecule has 0 radical (unpaired) electrons. The van der Waals surface area contributed by atoms with Crippen molar-refractivity contribution in [1.82, 2.24) is 0 Å². The van der Waals surface area contributed by atoms with Gasteiger partial charge in [0, 0.05) is 35.6 Å². The van der Waals surface area contributed by atoms with Gasteiger partial charge < -0.3 is 14.6 Å². The van der Waals surface area contributed by atoms with Gasteiger partial charge in [-0.05, 0) is 48.2 Å². The van der Waals surface area contributed by atoms with Gasteiger partial charge in [0.05, 0.1) is 30.5 Å². The van der Waals surface area contributed by atoms with E-state index in [2.05, 4.69) is 0 Å². The molecule has 34 heavy (non-hydrogen) atoms. The Morgan fingerprint density at radius 3 is 2.47 bits per heavy atom. The number of ketones is 1. The molecule has 7 nitrogen and oxygen atoms in total. The van der Waals surface area contributed by atoms with Crippen LogP contribution in [0.25, 0.3) is 0 Å². The zero-order valence-electron chi connectivity index (χ0n) is 19.5. The number of methoxy groups -OCH3 is 2. The lowest BCUT2D eigenvalue weighted by Gasteiger charge is -2.43. The number of allylic oxidation sites excluding steroid dienone is 2. The fraction of sp³-hybridized carbons (Fsp3) is 0.346. The van der Waals surface area contributed by atoms with Gasteiger partial charge in [-0.2, -0.15) is 0 Å². The Morgan fingerprint density at radius 2 is 1.82 bits per heavy atom. The van der Waals surface area contributed by atoms with E-state index in [1.165, 1.54) is 23.1 Å². The van der Waals surface area contributed by atoms with E-state index in [0.717, 1.165) is 0 Å². The first-order valence-corrected chi connectivity index (χ1v) is 11.3. The minimum absolute atomic E-state index is 0.00214. The van der Waals surface area contributed by atoms with E-state index < -0.39 is 11.9 Å². The van der Waals surface area contributed by atoms with E-state index in [-0.39, 0.29) is 39.8 Å². The molecule has 0 aromatic heterocycles. The summed E-state index contributed by atoms with van der Waals surface area (Å²) < 4.78 is 10.9. The Balaban J connectivity index is 1.96. The molecule has 1 N–H and O–H groups in total. The van der Waals surface area contributed by atoms with E-state index >= 15 is 0 Å². The fourth-order valence-corrected chi connectivity index (χ4v) is 5.09. The standard InChI is InChI=1S/C26H26ClNO6/c1-26(2)12-20-24(21(29)13-26)17(16-10-15(33-3)6-8-22(16)34-4)11-23(30)28(20)19-9-14(25(31)32)5-7-18(19)27/h5-10,17H,11-13H2,1-4H3,(H,31,32). The number of amides is 1. The third kappa shape index (κ3) is 4.16. The van der Waals surface area contributed by atoms with Crippen molar-refractivity contribution in [3.63, 3.8) is 0 Å². The molecular weight excluding hydrogens is 458 g/mol. The van der Waals surface area contributed by atoms with Crippen molar-refractivity contribution < 1.29 is 29.0 Å². The first-order valence-electron chi connectivity index (χ1n) is 10.9. The highest BCUT2D eigenvalue weighted by molar-refractivity contribution is 6.34. The molecule has 4 rings (SSSR count). The smallest absolute Gasteiger partial charge is 0.335 e. The van der Waals surface area contributed by atoms with Crippen molar-refractivity contribution in [2.75, 3.05) is 19.1 Å². The predicted octanol–water partition coefficient (Wildman–Crippen LogP) is 5.22. The van der Waals surface area contributed by atoms with Crippen molar-refractivity contribution in [3.8, 4) is 11.5 Å². The molecule has 178 valence electrons. The zero-order valence-corrected chi connectivity index (χ0v) is 20.2. The number of aromatic carboxylic acids is 1. The second-order valence-electron chi connectivity index (χ2n) is 9.37. The summed E-state index contributed by atoms with van der Waals surface area (Å²) in [5.41, 5.74) is 1.67. The lowest BCUT2D eigenvalue weighted by atomic mass is 9.69. The Hall–Kier alpha value is -3.32. The molecule has 1 unspecified atom stereocenters. The summed E-state index contributed by atoms with van der Waals surface area (Å²) in [5.74, 6) is -0.826. The number of carboxylic acids is 1. The van der Waals surface area contributed by atoms with E-state index in [4.69, 9.17) is 21.1 Å². The molecule has 8 heteroatoms.